The van der Waals surface area contributed by atoms with Crippen LogP contribution in [0.25, 0.3) is 11.3 Å². The lowest BCUT2D eigenvalue weighted by Gasteiger charge is -2.03. The highest BCUT2D eigenvalue weighted by atomic mass is 15.1. The van der Waals surface area contributed by atoms with Crippen molar-refractivity contribution < 1.29 is 0 Å². The molecule has 2 aromatic heterocycles. The second-order valence-electron chi connectivity index (χ2n) is 2.86. The minimum atomic E-state index is 0.988. The molecular weight excluding hydrogens is 162 g/mol. The SMILES string of the molecule is CCc1cnccc1-c1ccn[nH]1. The van der Waals surface area contributed by atoms with E-state index in [1.165, 1.54) is 11.1 Å². The minimum absolute atomic E-state index is 0.988. The van der Waals surface area contributed by atoms with Gasteiger partial charge in [-0.3, -0.25) is 10.1 Å². The summed E-state index contributed by atoms with van der Waals surface area (Å²) in [5.41, 5.74) is 3.49. The van der Waals surface area contributed by atoms with Gasteiger partial charge in [-0.25, -0.2) is 0 Å². The molecule has 0 aliphatic carbocycles. The summed E-state index contributed by atoms with van der Waals surface area (Å²) in [5, 5.41) is 6.88. The summed E-state index contributed by atoms with van der Waals surface area (Å²) in [6.07, 6.45) is 6.45. The predicted octanol–water partition coefficient (Wildman–Crippen LogP) is 2.03. The number of H-pyrrole nitrogens is 1. The van der Waals surface area contributed by atoms with Crippen molar-refractivity contribution in [3.05, 3.63) is 36.3 Å². The molecule has 13 heavy (non-hydrogen) atoms. The zero-order valence-electron chi connectivity index (χ0n) is 7.49. The van der Waals surface area contributed by atoms with Gasteiger partial charge in [0, 0.05) is 24.2 Å². The topological polar surface area (TPSA) is 41.6 Å². The number of hydrogen-bond acceptors (Lipinski definition) is 2. The van der Waals surface area contributed by atoms with Gasteiger partial charge in [0.2, 0.25) is 0 Å². The molecule has 0 amide bonds. The summed E-state index contributed by atoms with van der Waals surface area (Å²) >= 11 is 0. The zero-order chi connectivity index (χ0) is 9.10. The number of aromatic amines is 1. The Bertz CT molecular complexity index is 379. The van der Waals surface area contributed by atoms with Crippen molar-refractivity contribution in [2.45, 2.75) is 13.3 Å². The van der Waals surface area contributed by atoms with Gasteiger partial charge < -0.3 is 0 Å². The largest absolute Gasteiger partial charge is 0.278 e. The van der Waals surface area contributed by atoms with Crippen molar-refractivity contribution in [2.24, 2.45) is 0 Å². The van der Waals surface area contributed by atoms with Crippen LogP contribution in [-0.4, -0.2) is 15.2 Å². The summed E-state index contributed by atoms with van der Waals surface area (Å²) in [4.78, 5) is 4.09. The summed E-state index contributed by atoms with van der Waals surface area (Å²) in [7, 11) is 0. The Balaban J connectivity index is 2.51. The van der Waals surface area contributed by atoms with E-state index in [0.29, 0.717) is 0 Å². The van der Waals surface area contributed by atoms with E-state index >= 15 is 0 Å². The van der Waals surface area contributed by atoms with Crippen LogP contribution in [0.3, 0.4) is 0 Å². The van der Waals surface area contributed by atoms with E-state index in [0.717, 1.165) is 12.1 Å². The number of aryl methyl sites for hydroxylation is 1. The van der Waals surface area contributed by atoms with E-state index in [-0.39, 0.29) is 0 Å². The van der Waals surface area contributed by atoms with Crippen LogP contribution in [0.1, 0.15) is 12.5 Å². The number of aromatic nitrogens is 3. The fraction of sp³-hybridized carbons (Fsp3) is 0.200. The van der Waals surface area contributed by atoms with Crippen molar-refractivity contribution in [1.82, 2.24) is 15.2 Å². The second kappa shape index (κ2) is 3.39. The van der Waals surface area contributed by atoms with Crippen LogP contribution in [0.4, 0.5) is 0 Å². The van der Waals surface area contributed by atoms with E-state index in [1.807, 2.05) is 18.3 Å². The standard InChI is InChI=1S/C10H11N3/c1-2-8-7-11-5-3-9(8)10-4-6-12-13-10/h3-7H,2H2,1H3,(H,12,13). The molecule has 0 fully saturated rings. The highest BCUT2D eigenvalue weighted by Gasteiger charge is 2.03. The van der Waals surface area contributed by atoms with E-state index < -0.39 is 0 Å². The molecule has 2 rings (SSSR count). The Hall–Kier alpha value is -1.64. The lowest BCUT2D eigenvalue weighted by atomic mass is 10.1. The first-order valence-electron chi connectivity index (χ1n) is 4.34. The predicted molar refractivity (Wildman–Crippen MR) is 51.2 cm³/mol. The molecule has 0 bridgehead atoms. The Kier molecular flexibility index (Phi) is 2.08. The smallest absolute Gasteiger partial charge is 0.0654 e. The molecule has 0 saturated carbocycles. The number of nitrogens with one attached hydrogen (secondary N) is 1. The lowest BCUT2D eigenvalue weighted by molar-refractivity contribution is 1.07. The average molecular weight is 173 g/mol. The molecule has 0 saturated heterocycles. The normalized spacial score (nSPS) is 10.2. The summed E-state index contributed by atoms with van der Waals surface area (Å²) in [6.45, 7) is 2.12. The average Bonchev–Trinajstić information content (AvgIpc) is 2.70. The first-order valence-corrected chi connectivity index (χ1v) is 4.34. The van der Waals surface area contributed by atoms with Crippen molar-refractivity contribution in [3.63, 3.8) is 0 Å². The monoisotopic (exact) mass is 173 g/mol. The van der Waals surface area contributed by atoms with Gasteiger partial charge >= 0.3 is 0 Å². The molecule has 3 nitrogen and oxygen atoms in total. The number of hydrogen-bond donors (Lipinski definition) is 1. The maximum Gasteiger partial charge on any atom is 0.0654 e. The van der Waals surface area contributed by atoms with Crippen LogP contribution in [0.5, 0.6) is 0 Å². The van der Waals surface area contributed by atoms with Crippen LogP contribution in [-0.2, 0) is 6.42 Å². The molecule has 0 radical (unpaired) electrons. The third kappa shape index (κ3) is 1.45. The lowest BCUT2D eigenvalue weighted by Crippen LogP contribution is -1.88. The molecule has 66 valence electrons. The van der Waals surface area contributed by atoms with E-state index in [9.17, 15) is 0 Å². The quantitative estimate of drug-likeness (QED) is 0.755. The van der Waals surface area contributed by atoms with Gasteiger partial charge in [0.1, 0.15) is 0 Å². The van der Waals surface area contributed by atoms with Crippen LogP contribution < -0.4 is 0 Å². The number of nitrogens with zero attached hydrogens (tertiary/aromatic N) is 2. The van der Waals surface area contributed by atoms with Gasteiger partial charge in [0.25, 0.3) is 0 Å². The van der Waals surface area contributed by atoms with Crippen LogP contribution >= 0.6 is 0 Å². The van der Waals surface area contributed by atoms with Gasteiger partial charge in [0.05, 0.1) is 5.69 Å². The molecular formula is C10H11N3. The van der Waals surface area contributed by atoms with E-state index in [2.05, 4.69) is 22.1 Å². The van der Waals surface area contributed by atoms with Crippen molar-refractivity contribution in [1.29, 1.82) is 0 Å². The van der Waals surface area contributed by atoms with Gasteiger partial charge in [-0.1, -0.05) is 6.92 Å². The first-order chi connectivity index (χ1) is 6.42. The van der Waals surface area contributed by atoms with Crippen molar-refractivity contribution in [2.75, 3.05) is 0 Å². The Morgan fingerprint density at radius 3 is 2.92 bits per heavy atom. The van der Waals surface area contributed by atoms with Gasteiger partial charge in [-0.2, -0.15) is 5.10 Å². The van der Waals surface area contributed by atoms with Gasteiger partial charge in [-0.05, 0) is 24.1 Å². The highest BCUT2D eigenvalue weighted by molar-refractivity contribution is 5.62. The Labute approximate surface area is 76.8 Å². The molecule has 0 atom stereocenters. The maximum absolute atomic E-state index is 4.09. The molecule has 2 heterocycles. The van der Waals surface area contributed by atoms with E-state index in [4.69, 9.17) is 0 Å². The summed E-state index contributed by atoms with van der Waals surface area (Å²) in [5.74, 6) is 0. The molecule has 0 aliphatic heterocycles. The molecule has 2 aromatic rings. The Morgan fingerprint density at radius 1 is 1.31 bits per heavy atom. The van der Waals surface area contributed by atoms with E-state index in [1.54, 1.807) is 12.4 Å². The molecule has 0 spiro atoms. The highest BCUT2D eigenvalue weighted by Crippen LogP contribution is 2.20. The third-order valence-electron chi connectivity index (χ3n) is 2.08. The van der Waals surface area contributed by atoms with Crippen LogP contribution in [0.2, 0.25) is 0 Å². The second-order valence-corrected chi connectivity index (χ2v) is 2.86. The van der Waals surface area contributed by atoms with Crippen LogP contribution in [0.15, 0.2) is 30.7 Å². The van der Waals surface area contributed by atoms with Crippen molar-refractivity contribution in [3.8, 4) is 11.3 Å². The molecule has 0 unspecified atom stereocenters. The fourth-order valence-corrected chi connectivity index (χ4v) is 1.38. The number of rotatable bonds is 2. The van der Waals surface area contributed by atoms with Crippen LogP contribution in [0, 0.1) is 0 Å². The summed E-state index contributed by atoms with van der Waals surface area (Å²) in [6, 6.07) is 3.97. The minimum Gasteiger partial charge on any atom is -0.278 e. The summed E-state index contributed by atoms with van der Waals surface area (Å²) < 4.78 is 0. The molecule has 0 aliphatic rings. The Morgan fingerprint density at radius 2 is 2.23 bits per heavy atom. The third-order valence-corrected chi connectivity index (χ3v) is 2.08. The number of pyridine rings is 1. The van der Waals surface area contributed by atoms with Gasteiger partial charge in [-0.15, -0.1) is 0 Å². The maximum atomic E-state index is 4.09. The fourth-order valence-electron chi connectivity index (χ4n) is 1.38. The molecule has 1 N–H and O–H groups in total. The molecule has 0 aromatic carbocycles. The zero-order valence-corrected chi connectivity index (χ0v) is 7.49. The van der Waals surface area contributed by atoms with Gasteiger partial charge in [0.15, 0.2) is 0 Å². The first kappa shape index (κ1) is 7.98. The molecule has 3 heteroatoms. The van der Waals surface area contributed by atoms with Crippen molar-refractivity contribution >= 4 is 0 Å².